The Labute approximate surface area is 69.9 Å². The number of hydrogen-bond acceptors (Lipinski definition) is 4. The molecule has 0 aliphatic carbocycles. The second-order valence-corrected chi connectivity index (χ2v) is 2.42. The van der Waals surface area contributed by atoms with Crippen molar-refractivity contribution < 1.29 is 9.32 Å². The molecule has 0 bridgehead atoms. The predicted octanol–water partition coefficient (Wildman–Crippen LogP) is 0.270. The molecule has 3 N–H and O–H groups in total. The van der Waals surface area contributed by atoms with Crippen LogP contribution in [0.15, 0.2) is 10.6 Å². The zero-order chi connectivity index (χ0) is 8.97. The van der Waals surface area contributed by atoms with Gasteiger partial charge in [-0.15, -0.1) is 0 Å². The molecule has 0 unspecified atom stereocenters. The lowest BCUT2D eigenvalue weighted by atomic mass is 10.4. The molecule has 0 atom stereocenters. The summed E-state index contributed by atoms with van der Waals surface area (Å²) < 4.78 is 4.76. The first-order chi connectivity index (χ1) is 5.72. The van der Waals surface area contributed by atoms with Crippen molar-refractivity contribution in [1.82, 2.24) is 5.16 Å². The third-order valence-electron chi connectivity index (χ3n) is 1.26. The Morgan fingerprint density at radius 2 is 2.58 bits per heavy atom. The average Bonchev–Trinajstić information content (AvgIpc) is 2.36. The van der Waals surface area contributed by atoms with Crippen LogP contribution in [0, 0.1) is 6.92 Å². The fraction of sp³-hybridized carbons (Fsp3) is 0.429. The topological polar surface area (TPSA) is 81.2 Å². The molecule has 1 rings (SSSR count). The van der Waals surface area contributed by atoms with E-state index in [9.17, 15) is 4.79 Å². The monoisotopic (exact) mass is 169 g/mol. The van der Waals surface area contributed by atoms with Gasteiger partial charge in [-0.25, -0.2) is 0 Å². The van der Waals surface area contributed by atoms with E-state index in [1.807, 2.05) is 0 Å². The summed E-state index contributed by atoms with van der Waals surface area (Å²) in [5.74, 6) is 0.208. The summed E-state index contributed by atoms with van der Waals surface area (Å²) in [4.78, 5) is 10.9. The summed E-state index contributed by atoms with van der Waals surface area (Å²) in [6.07, 6.45) is 0.291. The number of nitrogens with two attached hydrogens (primary N) is 1. The Hall–Kier alpha value is -1.36. The average molecular weight is 169 g/mol. The van der Waals surface area contributed by atoms with Crippen LogP contribution in [0.25, 0.3) is 0 Å². The van der Waals surface area contributed by atoms with Crippen LogP contribution in [-0.4, -0.2) is 17.6 Å². The molecule has 5 heteroatoms. The second-order valence-electron chi connectivity index (χ2n) is 2.42. The van der Waals surface area contributed by atoms with Crippen molar-refractivity contribution in [3.8, 4) is 0 Å². The van der Waals surface area contributed by atoms with Crippen LogP contribution < -0.4 is 11.1 Å². The summed E-state index contributed by atoms with van der Waals surface area (Å²) in [5.41, 5.74) is 5.92. The van der Waals surface area contributed by atoms with Crippen LogP contribution in [0.3, 0.4) is 0 Å². The Morgan fingerprint density at radius 3 is 3.08 bits per heavy atom. The highest BCUT2D eigenvalue weighted by Crippen LogP contribution is 2.07. The number of aryl methyl sites for hydroxylation is 1. The maximum atomic E-state index is 10.9. The summed E-state index contributed by atoms with van der Waals surface area (Å²) in [6.45, 7) is 2.11. The Morgan fingerprint density at radius 1 is 1.83 bits per heavy atom. The van der Waals surface area contributed by atoms with Crippen molar-refractivity contribution in [2.75, 3.05) is 11.9 Å². The number of carbonyl (C=O) groups excluding carboxylic acids is 1. The highest BCUT2D eigenvalue weighted by atomic mass is 16.5. The molecular formula is C7H11N3O2. The minimum absolute atomic E-state index is 0.159. The predicted molar refractivity (Wildman–Crippen MR) is 43.5 cm³/mol. The summed E-state index contributed by atoms with van der Waals surface area (Å²) in [5, 5.41) is 6.12. The van der Waals surface area contributed by atoms with Gasteiger partial charge < -0.3 is 10.3 Å². The summed E-state index contributed by atoms with van der Waals surface area (Å²) in [7, 11) is 0. The second kappa shape index (κ2) is 3.87. The first-order valence-corrected chi connectivity index (χ1v) is 3.65. The van der Waals surface area contributed by atoms with E-state index in [4.69, 9.17) is 10.3 Å². The molecule has 0 saturated heterocycles. The zero-order valence-corrected chi connectivity index (χ0v) is 6.83. The first-order valence-electron chi connectivity index (χ1n) is 3.65. The van der Waals surface area contributed by atoms with Crippen molar-refractivity contribution >= 4 is 11.8 Å². The molecule has 0 aliphatic rings. The van der Waals surface area contributed by atoms with Crippen LogP contribution in [-0.2, 0) is 4.79 Å². The van der Waals surface area contributed by atoms with Crippen LogP contribution in [0.2, 0.25) is 0 Å². The third-order valence-corrected chi connectivity index (χ3v) is 1.26. The number of rotatable bonds is 3. The molecule has 1 aromatic heterocycles. The molecular weight excluding hydrogens is 158 g/mol. The number of nitrogens with zero attached hydrogens (tertiary/aromatic N) is 1. The molecule has 5 nitrogen and oxygen atoms in total. The summed E-state index contributed by atoms with van der Waals surface area (Å²) in [6, 6.07) is 1.65. The fourth-order valence-electron chi connectivity index (χ4n) is 0.754. The standard InChI is InChI=1S/C7H11N3O2/c1-5-4-7(12-10-5)9-6(11)2-3-8/h4H,2-3,8H2,1H3,(H,9,11). The van der Waals surface area contributed by atoms with E-state index < -0.39 is 0 Å². The molecule has 0 spiro atoms. The minimum atomic E-state index is -0.159. The lowest BCUT2D eigenvalue weighted by Crippen LogP contribution is -2.15. The van der Waals surface area contributed by atoms with Gasteiger partial charge in [-0.2, -0.15) is 0 Å². The smallest absolute Gasteiger partial charge is 0.231 e. The molecule has 0 aliphatic heterocycles. The molecule has 1 heterocycles. The van der Waals surface area contributed by atoms with Gasteiger partial charge in [0.1, 0.15) is 0 Å². The van der Waals surface area contributed by atoms with Crippen LogP contribution in [0.5, 0.6) is 0 Å². The molecule has 12 heavy (non-hydrogen) atoms. The van der Waals surface area contributed by atoms with Gasteiger partial charge in [-0.3, -0.25) is 10.1 Å². The van der Waals surface area contributed by atoms with Crippen molar-refractivity contribution in [1.29, 1.82) is 0 Å². The highest BCUT2D eigenvalue weighted by Gasteiger charge is 2.04. The zero-order valence-electron chi connectivity index (χ0n) is 6.83. The number of aromatic nitrogens is 1. The van der Waals surface area contributed by atoms with Crippen molar-refractivity contribution in [2.24, 2.45) is 5.73 Å². The third kappa shape index (κ3) is 2.35. The molecule has 0 radical (unpaired) electrons. The van der Waals surface area contributed by atoms with Gasteiger partial charge in [0.05, 0.1) is 5.69 Å². The van der Waals surface area contributed by atoms with Crippen molar-refractivity contribution in [3.63, 3.8) is 0 Å². The maximum Gasteiger partial charge on any atom is 0.231 e. The van der Waals surface area contributed by atoms with E-state index in [1.54, 1.807) is 13.0 Å². The highest BCUT2D eigenvalue weighted by molar-refractivity contribution is 5.89. The van der Waals surface area contributed by atoms with Gasteiger partial charge in [0.15, 0.2) is 0 Å². The SMILES string of the molecule is Cc1cc(NC(=O)CCN)on1. The van der Waals surface area contributed by atoms with Gasteiger partial charge in [0.25, 0.3) is 0 Å². The lowest BCUT2D eigenvalue weighted by molar-refractivity contribution is -0.116. The van der Waals surface area contributed by atoms with E-state index in [0.717, 1.165) is 5.69 Å². The molecule has 66 valence electrons. The van der Waals surface area contributed by atoms with E-state index in [2.05, 4.69) is 10.5 Å². The van der Waals surface area contributed by atoms with E-state index in [0.29, 0.717) is 18.8 Å². The van der Waals surface area contributed by atoms with E-state index >= 15 is 0 Å². The van der Waals surface area contributed by atoms with Gasteiger partial charge in [-0.1, -0.05) is 5.16 Å². The van der Waals surface area contributed by atoms with Gasteiger partial charge in [0, 0.05) is 19.0 Å². The Kier molecular flexibility index (Phi) is 2.82. The van der Waals surface area contributed by atoms with Crippen LogP contribution in [0.4, 0.5) is 5.88 Å². The number of anilines is 1. The van der Waals surface area contributed by atoms with Gasteiger partial charge >= 0.3 is 0 Å². The molecule has 0 fully saturated rings. The largest absolute Gasteiger partial charge is 0.338 e. The molecule has 1 aromatic rings. The number of nitrogens with one attached hydrogen (secondary N) is 1. The summed E-state index contributed by atoms with van der Waals surface area (Å²) >= 11 is 0. The van der Waals surface area contributed by atoms with Gasteiger partial charge in [-0.05, 0) is 6.92 Å². The Balaban J connectivity index is 2.46. The molecule has 0 saturated carbocycles. The Bertz CT molecular complexity index is 269. The molecule has 0 aromatic carbocycles. The van der Waals surface area contributed by atoms with E-state index in [-0.39, 0.29) is 5.91 Å². The quantitative estimate of drug-likeness (QED) is 0.680. The van der Waals surface area contributed by atoms with Crippen LogP contribution >= 0.6 is 0 Å². The minimum Gasteiger partial charge on any atom is -0.338 e. The van der Waals surface area contributed by atoms with Crippen molar-refractivity contribution in [3.05, 3.63) is 11.8 Å². The van der Waals surface area contributed by atoms with Crippen molar-refractivity contribution in [2.45, 2.75) is 13.3 Å². The number of hydrogen-bond donors (Lipinski definition) is 2. The number of amides is 1. The lowest BCUT2D eigenvalue weighted by Gasteiger charge is -1.96. The maximum absolute atomic E-state index is 10.9. The van der Waals surface area contributed by atoms with E-state index in [1.165, 1.54) is 0 Å². The fourth-order valence-corrected chi connectivity index (χ4v) is 0.754. The molecule has 1 amide bonds. The van der Waals surface area contributed by atoms with Crippen LogP contribution in [0.1, 0.15) is 12.1 Å². The number of carbonyl (C=O) groups is 1. The van der Waals surface area contributed by atoms with Gasteiger partial charge in [0.2, 0.25) is 11.8 Å². The first kappa shape index (κ1) is 8.73. The normalized spacial score (nSPS) is 9.83.